The first kappa shape index (κ1) is 18.5. The Morgan fingerprint density at radius 3 is 2.79 bits per heavy atom. The van der Waals surface area contributed by atoms with E-state index in [4.69, 9.17) is 0 Å². The van der Waals surface area contributed by atoms with Crippen LogP contribution in [0.2, 0.25) is 0 Å². The SMILES string of the molecule is Cc1cc(NC(=O)Cn2cc(-c3ccc(F)cc3F)cn2)n(-c2ccccn2)n1. The molecular weight excluding hydrogens is 378 g/mol. The first-order valence-corrected chi connectivity index (χ1v) is 8.75. The fourth-order valence-electron chi connectivity index (χ4n) is 2.88. The number of anilines is 1. The van der Waals surface area contributed by atoms with Crippen molar-refractivity contribution in [2.45, 2.75) is 13.5 Å². The van der Waals surface area contributed by atoms with Gasteiger partial charge in [-0.25, -0.2) is 13.8 Å². The van der Waals surface area contributed by atoms with E-state index in [1.54, 1.807) is 24.4 Å². The van der Waals surface area contributed by atoms with E-state index in [1.165, 1.54) is 33.9 Å². The summed E-state index contributed by atoms with van der Waals surface area (Å²) in [4.78, 5) is 16.7. The number of aromatic nitrogens is 5. The molecule has 0 radical (unpaired) electrons. The third kappa shape index (κ3) is 4.03. The molecule has 0 saturated heterocycles. The smallest absolute Gasteiger partial charge is 0.247 e. The summed E-state index contributed by atoms with van der Waals surface area (Å²) in [5, 5.41) is 11.2. The number of aryl methyl sites for hydroxylation is 1. The van der Waals surface area contributed by atoms with E-state index in [-0.39, 0.29) is 18.0 Å². The first-order valence-electron chi connectivity index (χ1n) is 8.75. The van der Waals surface area contributed by atoms with Crippen LogP contribution in [0.4, 0.5) is 14.6 Å². The Morgan fingerprint density at radius 2 is 2.03 bits per heavy atom. The Morgan fingerprint density at radius 1 is 1.17 bits per heavy atom. The highest BCUT2D eigenvalue weighted by Gasteiger charge is 2.14. The van der Waals surface area contributed by atoms with Gasteiger partial charge >= 0.3 is 0 Å². The minimum atomic E-state index is -0.691. The van der Waals surface area contributed by atoms with Crippen LogP contribution in [-0.4, -0.2) is 30.5 Å². The maximum Gasteiger partial charge on any atom is 0.247 e. The average Bonchev–Trinajstić information content (AvgIpc) is 3.29. The topological polar surface area (TPSA) is 77.6 Å². The molecule has 146 valence electrons. The molecular formula is C20H16F2N6O. The van der Waals surface area contributed by atoms with Gasteiger partial charge < -0.3 is 5.32 Å². The molecule has 0 fully saturated rings. The van der Waals surface area contributed by atoms with E-state index in [0.717, 1.165) is 11.8 Å². The maximum absolute atomic E-state index is 13.9. The maximum atomic E-state index is 13.9. The van der Waals surface area contributed by atoms with Crippen LogP contribution >= 0.6 is 0 Å². The van der Waals surface area contributed by atoms with E-state index in [1.807, 2.05) is 13.0 Å². The number of benzene rings is 1. The lowest BCUT2D eigenvalue weighted by Gasteiger charge is -2.08. The number of pyridine rings is 1. The lowest BCUT2D eigenvalue weighted by atomic mass is 10.1. The highest BCUT2D eigenvalue weighted by atomic mass is 19.1. The van der Waals surface area contributed by atoms with Crippen molar-refractivity contribution < 1.29 is 13.6 Å². The second-order valence-corrected chi connectivity index (χ2v) is 6.37. The van der Waals surface area contributed by atoms with E-state index in [2.05, 4.69) is 20.5 Å². The summed E-state index contributed by atoms with van der Waals surface area (Å²) in [7, 11) is 0. The van der Waals surface area contributed by atoms with Crippen LogP contribution in [0.1, 0.15) is 5.69 Å². The number of carbonyl (C=O) groups excluding carboxylic acids is 1. The third-order valence-corrected chi connectivity index (χ3v) is 4.15. The molecule has 9 heteroatoms. The summed E-state index contributed by atoms with van der Waals surface area (Å²) in [6.45, 7) is 1.72. The summed E-state index contributed by atoms with van der Waals surface area (Å²) in [5.41, 5.74) is 1.38. The number of amides is 1. The average molecular weight is 394 g/mol. The number of hydrogen-bond donors (Lipinski definition) is 1. The van der Waals surface area contributed by atoms with Gasteiger partial charge in [0.1, 0.15) is 24.0 Å². The second-order valence-electron chi connectivity index (χ2n) is 6.37. The molecule has 1 N–H and O–H groups in total. The molecule has 4 rings (SSSR count). The molecule has 29 heavy (non-hydrogen) atoms. The van der Waals surface area contributed by atoms with Crippen LogP contribution in [0.3, 0.4) is 0 Å². The molecule has 0 bridgehead atoms. The Labute approximate surface area is 164 Å². The molecule has 3 aromatic heterocycles. The van der Waals surface area contributed by atoms with Crippen molar-refractivity contribution in [2.24, 2.45) is 0 Å². The van der Waals surface area contributed by atoms with Gasteiger partial charge in [-0.15, -0.1) is 0 Å². The number of hydrogen-bond acceptors (Lipinski definition) is 4. The molecule has 0 unspecified atom stereocenters. The number of nitrogens with zero attached hydrogens (tertiary/aromatic N) is 5. The third-order valence-electron chi connectivity index (χ3n) is 4.15. The highest BCUT2D eigenvalue weighted by Crippen LogP contribution is 2.23. The van der Waals surface area contributed by atoms with Crippen LogP contribution in [0, 0.1) is 18.6 Å². The van der Waals surface area contributed by atoms with Gasteiger partial charge in [-0.2, -0.15) is 14.9 Å². The number of nitrogens with one attached hydrogen (secondary N) is 1. The predicted octanol–water partition coefficient (Wildman–Crippen LogP) is 3.36. The molecule has 1 amide bonds. The zero-order chi connectivity index (χ0) is 20.4. The Bertz CT molecular complexity index is 1170. The van der Waals surface area contributed by atoms with Gasteiger partial charge in [-0.1, -0.05) is 6.07 Å². The van der Waals surface area contributed by atoms with Gasteiger partial charge in [-0.05, 0) is 31.2 Å². The molecule has 4 aromatic rings. The van der Waals surface area contributed by atoms with Crippen molar-refractivity contribution in [3.8, 4) is 16.9 Å². The number of carbonyl (C=O) groups is 1. The van der Waals surface area contributed by atoms with E-state index >= 15 is 0 Å². The lowest BCUT2D eigenvalue weighted by Crippen LogP contribution is -2.21. The summed E-state index contributed by atoms with van der Waals surface area (Å²) >= 11 is 0. The monoisotopic (exact) mass is 394 g/mol. The van der Waals surface area contributed by atoms with E-state index < -0.39 is 11.6 Å². The van der Waals surface area contributed by atoms with Crippen LogP contribution < -0.4 is 5.32 Å². The first-order chi connectivity index (χ1) is 14.0. The lowest BCUT2D eigenvalue weighted by molar-refractivity contribution is -0.116. The van der Waals surface area contributed by atoms with Crippen LogP contribution in [0.15, 0.2) is 61.1 Å². The van der Waals surface area contributed by atoms with Crippen molar-refractivity contribution in [3.05, 3.63) is 78.4 Å². The predicted molar refractivity (Wildman–Crippen MR) is 102 cm³/mol. The zero-order valence-electron chi connectivity index (χ0n) is 15.4. The van der Waals surface area contributed by atoms with Crippen molar-refractivity contribution >= 4 is 11.7 Å². The Balaban J connectivity index is 1.50. The van der Waals surface area contributed by atoms with Crippen LogP contribution in [0.25, 0.3) is 16.9 Å². The second kappa shape index (κ2) is 7.63. The van der Waals surface area contributed by atoms with Crippen molar-refractivity contribution in [3.63, 3.8) is 0 Å². The van der Waals surface area contributed by atoms with Crippen molar-refractivity contribution in [1.29, 1.82) is 0 Å². The largest absolute Gasteiger partial charge is 0.309 e. The van der Waals surface area contributed by atoms with Gasteiger partial charge in [0.05, 0.1) is 11.9 Å². The minimum Gasteiger partial charge on any atom is -0.309 e. The number of halogens is 2. The standard InChI is InChI=1S/C20H16F2N6O/c1-13-8-19(28(26-13)18-4-2-3-7-23-18)25-20(29)12-27-11-14(10-24-27)16-6-5-15(21)9-17(16)22/h2-11H,12H2,1H3,(H,25,29). The molecule has 0 aliphatic rings. The van der Waals surface area contributed by atoms with E-state index in [9.17, 15) is 13.6 Å². The minimum absolute atomic E-state index is 0.0880. The Hall–Kier alpha value is -3.88. The summed E-state index contributed by atoms with van der Waals surface area (Å²) < 4.78 is 29.9. The van der Waals surface area contributed by atoms with Crippen molar-refractivity contribution in [1.82, 2.24) is 24.5 Å². The van der Waals surface area contributed by atoms with Gasteiger partial charge in [0.15, 0.2) is 5.82 Å². The quantitative estimate of drug-likeness (QED) is 0.563. The fourth-order valence-corrected chi connectivity index (χ4v) is 2.88. The summed E-state index contributed by atoms with van der Waals surface area (Å²) in [6, 6.07) is 10.4. The van der Waals surface area contributed by atoms with Gasteiger partial charge in [0, 0.05) is 35.7 Å². The Kier molecular flexibility index (Phi) is 4.86. The van der Waals surface area contributed by atoms with Gasteiger partial charge in [0.2, 0.25) is 5.91 Å². The van der Waals surface area contributed by atoms with Gasteiger partial charge in [0.25, 0.3) is 0 Å². The van der Waals surface area contributed by atoms with E-state index in [0.29, 0.717) is 17.2 Å². The molecule has 0 saturated carbocycles. The molecule has 0 aliphatic heterocycles. The molecule has 3 heterocycles. The number of rotatable bonds is 5. The summed E-state index contributed by atoms with van der Waals surface area (Å²) in [6.07, 6.45) is 4.58. The van der Waals surface area contributed by atoms with Crippen LogP contribution in [0.5, 0.6) is 0 Å². The highest BCUT2D eigenvalue weighted by molar-refractivity contribution is 5.90. The molecule has 0 spiro atoms. The zero-order valence-corrected chi connectivity index (χ0v) is 15.4. The van der Waals surface area contributed by atoms with Crippen LogP contribution in [-0.2, 0) is 11.3 Å². The normalized spacial score (nSPS) is 10.9. The molecule has 0 aliphatic carbocycles. The molecule has 1 aromatic carbocycles. The summed E-state index contributed by atoms with van der Waals surface area (Å²) in [5.74, 6) is -0.634. The molecule has 7 nitrogen and oxygen atoms in total. The molecule has 0 atom stereocenters. The van der Waals surface area contributed by atoms with Crippen molar-refractivity contribution in [2.75, 3.05) is 5.32 Å². The van der Waals surface area contributed by atoms with Gasteiger partial charge in [-0.3, -0.25) is 9.48 Å². The fraction of sp³-hybridized carbons (Fsp3) is 0.100.